The van der Waals surface area contributed by atoms with E-state index >= 15 is 0 Å². The van der Waals surface area contributed by atoms with Crippen LogP contribution in [0.2, 0.25) is 0 Å². The molecule has 2 atom stereocenters. The van der Waals surface area contributed by atoms with E-state index in [9.17, 15) is 19.4 Å². The van der Waals surface area contributed by atoms with Crippen molar-refractivity contribution in [1.29, 1.82) is 0 Å². The van der Waals surface area contributed by atoms with E-state index in [1.165, 1.54) is 6.07 Å². The third-order valence-electron chi connectivity index (χ3n) is 2.03. The van der Waals surface area contributed by atoms with Crippen molar-refractivity contribution < 1.29 is 24.1 Å². The number of anilines is 1. The average molecular weight is 244 g/mol. The molecule has 0 saturated carbocycles. The predicted octanol–water partition coefficient (Wildman–Crippen LogP) is -0.240. The van der Waals surface area contributed by atoms with E-state index in [1.54, 1.807) is 6.92 Å². The Morgan fingerprint density at radius 1 is 1.59 bits per heavy atom. The van der Waals surface area contributed by atoms with Gasteiger partial charge in [0.2, 0.25) is 5.95 Å². The predicted molar refractivity (Wildman–Crippen MR) is 56.2 cm³/mol. The fourth-order valence-corrected chi connectivity index (χ4v) is 1.20. The van der Waals surface area contributed by atoms with Gasteiger partial charge in [-0.3, -0.25) is 0 Å². The quantitative estimate of drug-likeness (QED) is 0.498. The largest absolute Gasteiger partial charge is 0.464 e. The fourth-order valence-electron chi connectivity index (χ4n) is 1.20. The lowest BCUT2D eigenvalue weighted by atomic mass is 10.1. The molecule has 1 aromatic heterocycles. The van der Waals surface area contributed by atoms with Gasteiger partial charge >= 0.3 is 5.97 Å². The second-order valence-electron chi connectivity index (χ2n) is 3.25. The van der Waals surface area contributed by atoms with Gasteiger partial charge in [-0.25, -0.2) is 9.78 Å². The maximum Gasteiger partial charge on any atom is 0.338 e. The second-order valence-corrected chi connectivity index (χ2v) is 3.25. The highest BCUT2D eigenvalue weighted by Gasteiger charge is 2.29. The summed E-state index contributed by atoms with van der Waals surface area (Å²) >= 11 is 0. The van der Waals surface area contributed by atoms with E-state index < -0.39 is 24.1 Å². The number of nitrogens with two attached hydrogens (primary N) is 1. The number of nitrogen functional groups attached to an aromatic ring is 1. The van der Waals surface area contributed by atoms with Crippen LogP contribution in [0.5, 0.6) is 0 Å². The molecular formula is C10H13FN2O4. The molecule has 6 nitrogen and oxygen atoms in total. The first-order chi connectivity index (χ1) is 7.97. The minimum Gasteiger partial charge on any atom is -0.464 e. The smallest absolute Gasteiger partial charge is 0.338 e. The number of rotatable bonds is 4. The molecule has 1 rings (SSSR count). The van der Waals surface area contributed by atoms with Crippen molar-refractivity contribution in [3.8, 4) is 0 Å². The highest BCUT2D eigenvalue weighted by atomic mass is 19.1. The maximum absolute atomic E-state index is 12.8. The Bertz CT molecular complexity index is 413. The molecular weight excluding hydrogens is 231 g/mol. The number of halogens is 1. The Morgan fingerprint density at radius 2 is 2.24 bits per heavy atom. The minimum atomic E-state index is -1.86. The van der Waals surface area contributed by atoms with Crippen molar-refractivity contribution in [2.45, 2.75) is 19.1 Å². The molecule has 0 spiro atoms. The summed E-state index contributed by atoms with van der Waals surface area (Å²) in [5.41, 5.74) is 5.12. The summed E-state index contributed by atoms with van der Waals surface area (Å²) in [6, 6.07) is 2.18. The highest BCUT2D eigenvalue weighted by Crippen LogP contribution is 2.21. The van der Waals surface area contributed by atoms with E-state index in [-0.39, 0.29) is 18.0 Å². The normalized spacial score (nSPS) is 14.1. The van der Waals surface area contributed by atoms with Crippen LogP contribution in [0.4, 0.5) is 10.1 Å². The second kappa shape index (κ2) is 5.55. The fraction of sp³-hybridized carbons (Fsp3) is 0.400. The Balaban J connectivity index is 2.91. The number of aliphatic hydroxyl groups is 2. The molecule has 4 N–H and O–H groups in total. The topological polar surface area (TPSA) is 106 Å². The number of pyridine rings is 1. The lowest BCUT2D eigenvalue weighted by molar-refractivity contribution is -0.159. The zero-order valence-corrected chi connectivity index (χ0v) is 9.13. The van der Waals surface area contributed by atoms with E-state index in [4.69, 9.17) is 5.73 Å². The van der Waals surface area contributed by atoms with Crippen molar-refractivity contribution in [3.05, 3.63) is 23.8 Å². The van der Waals surface area contributed by atoms with Crippen LogP contribution in [0.15, 0.2) is 12.1 Å². The lowest BCUT2D eigenvalue weighted by Gasteiger charge is -2.17. The third kappa shape index (κ3) is 3.11. The van der Waals surface area contributed by atoms with Crippen LogP contribution in [-0.2, 0) is 9.53 Å². The van der Waals surface area contributed by atoms with Crippen LogP contribution in [0, 0.1) is 5.95 Å². The Hall–Kier alpha value is -1.73. The number of aromatic nitrogens is 1. The number of nitrogens with zero attached hydrogens (tertiary/aromatic N) is 1. The Kier molecular flexibility index (Phi) is 4.36. The molecule has 0 bridgehead atoms. The molecule has 1 aromatic rings. The highest BCUT2D eigenvalue weighted by molar-refractivity contribution is 5.75. The summed E-state index contributed by atoms with van der Waals surface area (Å²) < 4.78 is 17.3. The molecule has 0 fully saturated rings. The van der Waals surface area contributed by atoms with Crippen LogP contribution in [-0.4, -0.2) is 33.9 Å². The van der Waals surface area contributed by atoms with Crippen LogP contribution in [0.1, 0.15) is 18.7 Å². The summed E-state index contributed by atoms with van der Waals surface area (Å²) in [6.45, 7) is 1.60. The van der Waals surface area contributed by atoms with E-state index in [0.717, 1.165) is 6.07 Å². The number of hydrogen-bond donors (Lipinski definition) is 3. The van der Waals surface area contributed by atoms with Gasteiger partial charge in [0, 0.05) is 0 Å². The molecule has 0 aliphatic rings. The number of carbonyl (C=O) groups excluding carboxylic acids is 1. The molecule has 94 valence electrons. The molecule has 0 radical (unpaired) electrons. The van der Waals surface area contributed by atoms with Crippen LogP contribution < -0.4 is 5.73 Å². The van der Waals surface area contributed by atoms with Gasteiger partial charge in [-0.05, 0) is 19.1 Å². The van der Waals surface area contributed by atoms with E-state index in [2.05, 4.69) is 9.72 Å². The summed E-state index contributed by atoms with van der Waals surface area (Å²) in [6.07, 6.45) is -3.59. The molecule has 0 amide bonds. The van der Waals surface area contributed by atoms with Crippen molar-refractivity contribution in [2.24, 2.45) is 0 Å². The van der Waals surface area contributed by atoms with Crippen molar-refractivity contribution in [3.63, 3.8) is 0 Å². The molecule has 7 heteroatoms. The van der Waals surface area contributed by atoms with Crippen LogP contribution in [0.3, 0.4) is 0 Å². The molecule has 0 aliphatic carbocycles. The zero-order chi connectivity index (χ0) is 13.0. The SMILES string of the molecule is CCOC(=O)C(O)C(O)c1nc(F)ccc1N. The van der Waals surface area contributed by atoms with Crippen LogP contribution >= 0.6 is 0 Å². The first-order valence-corrected chi connectivity index (χ1v) is 4.92. The zero-order valence-electron chi connectivity index (χ0n) is 9.13. The molecule has 1 heterocycles. The first-order valence-electron chi connectivity index (χ1n) is 4.92. The third-order valence-corrected chi connectivity index (χ3v) is 2.03. The van der Waals surface area contributed by atoms with Gasteiger partial charge in [0.05, 0.1) is 18.0 Å². The monoisotopic (exact) mass is 244 g/mol. The average Bonchev–Trinajstić information content (AvgIpc) is 2.30. The summed E-state index contributed by atoms with van der Waals surface area (Å²) in [4.78, 5) is 14.5. The maximum atomic E-state index is 12.8. The number of esters is 1. The number of ether oxygens (including phenoxy) is 1. The van der Waals surface area contributed by atoms with Crippen molar-refractivity contribution in [2.75, 3.05) is 12.3 Å². The van der Waals surface area contributed by atoms with Gasteiger partial charge in [0.15, 0.2) is 6.10 Å². The van der Waals surface area contributed by atoms with Gasteiger partial charge in [0.1, 0.15) is 6.10 Å². The molecule has 0 aliphatic heterocycles. The Labute approximate surface area is 96.8 Å². The summed E-state index contributed by atoms with van der Waals surface area (Å²) in [5.74, 6) is -1.89. The molecule has 17 heavy (non-hydrogen) atoms. The van der Waals surface area contributed by atoms with E-state index in [0.29, 0.717) is 0 Å². The Morgan fingerprint density at radius 3 is 2.82 bits per heavy atom. The molecule has 0 saturated heterocycles. The van der Waals surface area contributed by atoms with Gasteiger partial charge in [-0.15, -0.1) is 0 Å². The van der Waals surface area contributed by atoms with Gasteiger partial charge in [-0.2, -0.15) is 4.39 Å². The van der Waals surface area contributed by atoms with E-state index in [1.807, 2.05) is 0 Å². The minimum absolute atomic E-state index is 0.0257. The van der Waals surface area contributed by atoms with Gasteiger partial charge < -0.3 is 20.7 Å². The number of carbonyl (C=O) groups is 1. The standard InChI is InChI=1S/C10H13FN2O4/c1-2-17-10(16)9(15)8(14)7-5(12)3-4-6(11)13-7/h3-4,8-9,14-15H,2,12H2,1H3. The first kappa shape index (κ1) is 13.3. The number of aliphatic hydroxyl groups excluding tert-OH is 2. The van der Waals surface area contributed by atoms with Crippen molar-refractivity contribution in [1.82, 2.24) is 4.98 Å². The van der Waals surface area contributed by atoms with Crippen molar-refractivity contribution >= 4 is 11.7 Å². The summed E-state index contributed by atoms with van der Waals surface area (Å²) in [7, 11) is 0. The van der Waals surface area contributed by atoms with Crippen LogP contribution in [0.25, 0.3) is 0 Å². The molecule has 2 unspecified atom stereocenters. The lowest BCUT2D eigenvalue weighted by Crippen LogP contribution is -2.31. The summed E-state index contributed by atoms with van der Waals surface area (Å²) in [5, 5.41) is 19.1. The van der Waals surface area contributed by atoms with Gasteiger partial charge in [0.25, 0.3) is 0 Å². The molecule has 0 aromatic carbocycles. The number of hydrogen-bond acceptors (Lipinski definition) is 6. The van der Waals surface area contributed by atoms with Gasteiger partial charge in [-0.1, -0.05) is 0 Å².